The first-order valence-electron chi connectivity index (χ1n) is 5.69. The minimum atomic E-state index is -0.955. The van der Waals surface area contributed by atoms with Gasteiger partial charge in [-0.25, -0.2) is 0 Å². The highest BCUT2D eigenvalue weighted by Gasteiger charge is 2.10. The summed E-state index contributed by atoms with van der Waals surface area (Å²) in [5, 5.41) is 9.60. The smallest absolute Gasteiger partial charge is 0.307 e. The molecule has 0 aliphatic rings. The van der Waals surface area contributed by atoms with Crippen LogP contribution < -0.4 is 10.5 Å². The lowest BCUT2D eigenvalue weighted by Crippen LogP contribution is -2.04. The van der Waals surface area contributed by atoms with E-state index in [-0.39, 0.29) is 6.42 Å². The Morgan fingerprint density at radius 1 is 1.20 bits per heavy atom. The molecule has 4 nitrogen and oxygen atoms in total. The number of benzene rings is 2. The highest BCUT2D eigenvalue weighted by atomic mass is 35.5. The molecule has 0 unspecified atom stereocenters. The molecule has 0 atom stereocenters. The fourth-order valence-corrected chi connectivity index (χ4v) is 1.95. The molecule has 0 saturated heterocycles. The van der Waals surface area contributed by atoms with Crippen LogP contribution in [0.2, 0.25) is 10.0 Å². The van der Waals surface area contributed by atoms with E-state index in [0.717, 1.165) is 0 Å². The maximum absolute atomic E-state index is 10.7. The molecule has 2 rings (SSSR count). The number of halogens is 2. The van der Waals surface area contributed by atoms with Crippen LogP contribution in [0.1, 0.15) is 5.56 Å². The van der Waals surface area contributed by atoms with E-state index in [9.17, 15) is 4.79 Å². The molecular formula is C14H11Cl2NO3. The highest BCUT2D eigenvalue weighted by molar-refractivity contribution is 6.42. The topological polar surface area (TPSA) is 72.6 Å². The highest BCUT2D eigenvalue weighted by Crippen LogP contribution is 2.33. The number of carboxylic acids is 1. The van der Waals surface area contributed by atoms with Gasteiger partial charge in [0.05, 0.1) is 22.2 Å². The minimum absolute atomic E-state index is 0.162. The van der Waals surface area contributed by atoms with Gasteiger partial charge in [-0.3, -0.25) is 4.79 Å². The summed E-state index contributed by atoms with van der Waals surface area (Å²) in [4.78, 5) is 10.7. The number of para-hydroxylation sites is 1. The first kappa shape index (κ1) is 14.5. The summed E-state index contributed by atoms with van der Waals surface area (Å²) in [5.74, 6) is -0.107. The Balaban J connectivity index is 2.29. The summed E-state index contributed by atoms with van der Waals surface area (Å²) >= 11 is 11.7. The third-order valence-electron chi connectivity index (χ3n) is 2.62. The summed E-state index contributed by atoms with van der Waals surface area (Å²) in [6.45, 7) is 0. The molecular weight excluding hydrogens is 301 g/mol. The van der Waals surface area contributed by atoms with E-state index in [4.69, 9.17) is 38.8 Å². The molecule has 104 valence electrons. The average Bonchev–Trinajstić information content (AvgIpc) is 2.38. The second-order valence-electron chi connectivity index (χ2n) is 4.08. The summed E-state index contributed by atoms with van der Waals surface area (Å²) < 4.78 is 5.61. The summed E-state index contributed by atoms with van der Waals surface area (Å²) in [6, 6.07) is 9.80. The van der Waals surface area contributed by atoms with Crippen LogP contribution in [-0.2, 0) is 11.2 Å². The second kappa shape index (κ2) is 6.03. The first-order valence-corrected chi connectivity index (χ1v) is 6.45. The SMILES string of the molecule is Nc1c(CC(=O)O)cccc1Oc1ccc(Cl)c(Cl)c1. The molecule has 20 heavy (non-hydrogen) atoms. The van der Waals surface area contributed by atoms with Crippen molar-refractivity contribution in [3.8, 4) is 11.5 Å². The van der Waals surface area contributed by atoms with Gasteiger partial charge in [0.2, 0.25) is 0 Å². The van der Waals surface area contributed by atoms with E-state index in [0.29, 0.717) is 32.8 Å². The van der Waals surface area contributed by atoms with Crippen molar-refractivity contribution in [2.45, 2.75) is 6.42 Å². The van der Waals surface area contributed by atoms with E-state index in [1.54, 1.807) is 36.4 Å². The molecule has 6 heteroatoms. The zero-order valence-corrected chi connectivity index (χ0v) is 11.8. The Hall–Kier alpha value is -1.91. The Morgan fingerprint density at radius 2 is 1.95 bits per heavy atom. The zero-order valence-electron chi connectivity index (χ0n) is 10.3. The predicted molar refractivity (Wildman–Crippen MR) is 78.7 cm³/mol. The van der Waals surface area contributed by atoms with Crippen LogP contribution in [0.3, 0.4) is 0 Å². The number of carboxylic acid groups (broad SMARTS) is 1. The zero-order chi connectivity index (χ0) is 14.7. The molecule has 2 aromatic rings. The van der Waals surface area contributed by atoms with Crippen molar-refractivity contribution < 1.29 is 14.6 Å². The van der Waals surface area contributed by atoms with Gasteiger partial charge in [0.25, 0.3) is 0 Å². The largest absolute Gasteiger partial charge is 0.481 e. The molecule has 0 aliphatic heterocycles. The maximum atomic E-state index is 10.7. The van der Waals surface area contributed by atoms with Gasteiger partial charge in [-0.05, 0) is 23.8 Å². The third-order valence-corrected chi connectivity index (χ3v) is 3.36. The van der Waals surface area contributed by atoms with Gasteiger partial charge in [-0.1, -0.05) is 35.3 Å². The van der Waals surface area contributed by atoms with Crippen molar-refractivity contribution >= 4 is 34.9 Å². The molecule has 0 aromatic heterocycles. The van der Waals surface area contributed by atoms with Crippen molar-refractivity contribution in [3.05, 3.63) is 52.0 Å². The molecule has 2 aromatic carbocycles. The minimum Gasteiger partial charge on any atom is -0.481 e. The number of rotatable bonds is 4. The van der Waals surface area contributed by atoms with Crippen LogP contribution in [0.15, 0.2) is 36.4 Å². The van der Waals surface area contributed by atoms with Crippen molar-refractivity contribution in [3.63, 3.8) is 0 Å². The molecule has 0 fully saturated rings. The fraction of sp³-hybridized carbons (Fsp3) is 0.0714. The van der Waals surface area contributed by atoms with Crippen LogP contribution in [0, 0.1) is 0 Å². The summed E-state index contributed by atoms with van der Waals surface area (Å²) in [6.07, 6.45) is -0.162. The van der Waals surface area contributed by atoms with Crippen LogP contribution in [0.25, 0.3) is 0 Å². The monoisotopic (exact) mass is 311 g/mol. The molecule has 0 spiro atoms. The van der Waals surface area contributed by atoms with Crippen LogP contribution in [-0.4, -0.2) is 11.1 Å². The molecule has 0 aliphatic carbocycles. The van der Waals surface area contributed by atoms with Crippen molar-refractivity contribution in [1.29, 1.82) is 0 Å². The number of aliphatic carboxylic acids is 1. The van der Waals surface area contributed by atoms with Crippen LogP contribution in [0.5, 0.6) is 11.5 Å². The van der Waals surface area contributed by atoms with E-state index < -0.39 is 5.97 Å². The van der Waals surface area contributed by atoms with E-state index >= 15 is 0 Å². The summed E-state index contributed by atoms with van der Waals surface area (Å²) in [5.41, 5.74) is 6.69. The number of carbonyl (C=O) groups is 1. The van der Waals surface area contributed by atoms with E-state index in [1.807, 2.05) is 0 Å². The lowest BCUT2D eigenvalue weighted by atomic mass is 10.1. The quantitative estimate of drug-likeness (QED) is 0.837. The van der Waals surface area contributed by atoms with Gasteiger partial charge < -0.3 is 15.6 Å². The second-order valence-corrected chi connectivity index (χ2v) is 4.89. The third kappa shape index (κ3) is 3.35. The van der Waals surface area contributed by atoms with Crippen LogP contribution in [0.4, 0.5) is 5.69 Å². The lowest BCUT2D eigenvalue weighted by Gasteiger charge is -2.11. The Bertz CT molecular complexity index is 659. The first-order chi connectivity index (χ1) is 9.47. The lowest BCUT2D eigenvalue weighted by molar-refractivity contribution is -0.136. The normalized spacial score (nSPS) is 10.3. The summed E-state index contributed by atoms with van der Waals surface area (Å²) in [7, 11) is 0. The van der Waals surface area contributed by atoms with Gasteiger partial charge in [0.1, 0.15) is 5.75 Å². The molecule has 3 N–H and O–H groups in total. The maximum Gasteiger partial charge on any atom is 0.307 e. The Labute approximate surface area is 125 Å². The fourth-order valence-electron chi connectivity index (χ4n) is 1.66. The van der Waals surface area contributed by atoms with E-state index in [1.165, 1.54) is 0 Å². The Kier molecular flexibility index (Phi) is 4.37. The molecule has 0 radical (unpaired) electrons. The van der Waals surface area contributed by atoms with Gasteiger partial charge in [0, 0.05) is 6.07 Å². The van der Waals surface area contributed by atoms with Crippen LogP contribution >= 0.6 is 23.2 Å². The molecule has 0 amide bonds. The number of hydrogen-bond donors (Lipinski definition) is 2. The van der Waals surface area contributed by atoms with Gasteiger partial charge in [-0.2, -0.15) is 0 Å². The van der Waals surface area contributed by atoms with Crippen molar-refractivity contribution in [1.82, 2.24) is 0 Å². The molecule has 0 bridgehead atoms. The van der Waals surface area contributed by atoms with Gasteiger partial charge in [0.15, 0.2) is 5.75 Å². The Morgan fingerprint density at radius 3 is 2.60 bits per heavy atom. The van der Waals surface area contributed by atoms with Crippen molar-refractivity contribution in [2.24, 2.45) is 0 Å². The number of anilines is 1. The van der Waals surface area contributed by atoms with Gasteiger partial charge >= 0.3 is 5.97 Å². The van der Waals surface area contributed by atoms with Gasteiger partial charge in [-0.15, -0.1) is 0 Å². The van der Waals surface area contributed by atoms with E-state index in [2.05, 4.69) is 0 Å². The van der Waals surface area contributed by atoms with Crippen molar-refractivity contribution in [2.75, 3.05) is 5.73 Å². The molecule has 0 saturated carbocycles. The number of nitrogens with two attached hydrogens (primary N) is 1. The number of hydrogen-bond acceptors (Lipinski definition) is 3. The number of nitrogen functional groups attached to an aromatic ring is 1. The number of ether oxygens (including phenoxy) is 1. The molecule has 0 heterocycles. The average molecular weight is 312 g/mol. The standard InChI is InChI=1S/C14H11Cl2NO3/c15-10-5-4-9(7-11(10)16)20-12-3-1-2-8(14(12)17)6-13(18)19/h1-5,7H,6,17H2,(H,18,19). The predicted octanol–water partition coefficient (Wildman–Crippen LogP) is 4.00.